The third-order valence-corrected chi connectivity index (χ3v) is 2.65. The Morgan fingerprint density at radius 3 is 2.74 bits per heavy atom. The van der Waals surface area contributed by atoms with E-state index in [9.17, 15) is 15.2 Å². The summed E-state index contributed by atoms with van der Waals surface area (Å²) >= 11 is 0. The van der Waals surface area contributed by atoms with E-state index in [1.807, 2.05) is 13.0 Å². The number of hydrogen-bond acceptors (Lipinski definition) is 5. The number of nitro benzene ring substituents is 1. The number of rotatable bonds is 7. The molecule has 0 aliphatic carbocycles. The molecule has 0 aliphatic rings. The van der Waals surface area contributed by atoms with Crippen molar-refractivity contribution in [1.82, 2.24) is 5.32 Å². The van der Waals surface area contributed by atoms with Gasteiger partial charge in [-0.3, -0.25) is 10.1 Å². The minimum Gasteiger partial charge on any atom is -0.484 e. The van der Waals surface area contributed by atoms with E-state index in [0.29, 0.717) is 12.1 Å². The van der Waals surface area contributed by atoms with E-state index in [1.54, 1.807) is 13.8 Å². The number of aryl methyl sites for hydroxylation is 2. The Bertz CT molecular complexity index is 449. The summed E-state index contributed by atoms with van der Waals surface area (Å²) in [6.07, 6.45) is -0.694. The number of nitro groups is 1. The molecule has 0 saturated carbocycles. The van der Waals surface area contributed by atoms with E-state index < -0.39 is 11.0 Å². The number of likely N-dealkylation sites (N-methyl/N-ethyl adjacent to an activating group) is 1. The second-order valence-corrected chi connectivity index (χ2v) is 4.46. The van der Waals surface area contributed by atoms with Crippen LogP contribution in [-0.2, 0) is 0 Å². The van der Waals surface area contributed by atoms with Crippen LogP contribution in [0.5, 0.6) is 5.75 Å². The van der Waals surface area contributed by atoms with Gasteiger partial charge in [-0.15, -0.1) is 0 Å². The van der Waals surface area contributed by atoms with E-state index in [1.165, 1.54) is 6.07 Å². The quantitative estimate of drug-likeness (QED) is 0.579. The highest BCUT2D eigenvalue weighted by Gasteiger charge is 2.19. The molecule has 0 saturated heterocycles. The minimum absolute atomic E-state index is 0.0255. The summed E-state index contributed by atoms with van der Waals surface area (Å²) in [6, 6.07) is 3.29. The fraction of sp³-hybridized carbons (Fsp3) is 0.538. The van der Waals surface area contributed by atoms with Crippen molar-refractivity contribution in [2.75, 3.05) is 19.7 Å². The maximum atomic E-state index is 11.0. The zero-order valence-corrected chi connectivity index (χ0v) is 11.5. The predicted octanol–water partition coefficient (Wildman–Crippen LogP) is 1.56. The highest BCUT2D eigenvalue weighted by atomic mass is 16.6. The van der Waals surface area contributed by atoms with Gasteiger partial charge in [0.15, 0.2) is 5.75 Å². The van der Waals surface area contributed by atoms with E-state index in [-0.39, 0.29) is 18.0 Å². The molecule has 0 fully saturated rings. The van der Waals surface area contributed by atoms with Crippen molar-refractivity contribution in [3.05, 3.63) is 33.4 Å². The Kier molecular flexibility index (Phi) is 5.72. The van der Waals surface area contributed by atoms with Crippen LogP contribution in [-0.4, -0.2) is 35.8 Å². The number of ether oxygens (including phenoxy) is 1. The molecular weight excluding hydrogens is 248 g/mol. The van der Waals surface area contributed by atoms with Crippen LogP contribution in [0.1, 0.15) is 18.1 Å². The molecule has 1 rings (SSSR count). The maximum absolute atomic E-state index is 11.0. The normalized spacial score (nSPS) is 12.2. The number of aliphatic hydroxyl groups excluding tert-OH is 1. The van der Waals surface area contributed by atoms with Crippen molar-refractivity contribution in [1.29, 1.82) is 0 Å². The van der Waals surface area contributed by atoms with Crippen LogP contribution < -0.4 is 10.1 Å². The summed E-state index contributed by atoms with van der Waals surface area (Å²) in [5.41, 5.74) is 1.44. The van der Waals surface area contributed by atoms with Crippen molar-refractivity contribution in [3.63, 3.8) is 0 Å². The van der Waals surface area contributed by atoms with Gasteiger partial charge in [0.1, 0.15) is 12.7 Å². The molecule has 0 amide bonds. The molecule has 0 radical (unpaired) electrons. The summed E-state index contributed by atoms with van der Waals surface area (Å²) in [7, 11) is 0. The van der Waals surface area contributed by atoms with Gasteiger partial charge >= 0.3 is 5.69 Å². The molecule has 1 atom stereocenters. The van der Waals surface area contributed by atoms with Gasteiger partial charge in [0.2, 0.25) is 0 Å². The average molecular weight is 268 g/mol. The van der Waals surface area contributed by atoms with Gasteiger partial charge in [-0.1, -0.05) is 13.0 Å². The summed E-state index contributed by atoms with van der Waals surface area (Å²) in [6.45, 7) is 6.66. The van der Waals surface area contributed by atoms with E-state index in [2.05, 4.69) is 5.32 Å². The molecule has 106 valence electrons. The Morgan fingerprint density at radius 1 is 1.47 bits per heavy atom. The van der Waals surface area contributed by atoms with Crippen LogP contribution in [0.4, 0.5) is 5.69 Å². The molecule has 0 spiro atoms. The second-order valence-electron chi connectivity index (χ2n) is 4.46. The van der Waals surface area contributed by atoms with Crippen molar-refractivity contribution < 1.29 is 14.8 Å². The third kappa shape index (κ3) is 4.50. The standard InChI is InChI=1S/C13H20N2O4/c1-4-14-7-11(16)8-19-13-10(3)5-9(2)6-12(13)15(17)18/h5-6,11,14,16H,4,7-8H2,1-3H3. The molecule has 0 aliphatic heterocycles. The van der Waals surface area contributed by atoms with Gasteiger partial charge in [-0.25, -0.2) is 0 Å². The van der Waals surface area contributed by atoms with E-state index in [0.717, 1.165) is 12.1 Å². The van der Waals surface area contributed by atoms with Crippen molar-refractivity contribution in [2.24, 2.45) is 0 Å². The van der Waals surface area contributed by atoms with Crippen LogP contribution in [0.15, 0.2) is 12.1 Å². The molecule has 6 nitrogen and oxygen atoms in total. The lowest BCUT2D eigenvalue weighted by atomic mass is 10.1. The number of benzene rings is 1. The first kappa shape index (κ1) is 15.4. The van der Waals surface area contributed by atoms with Gasteiger partial charge < -0.3 is 15.2 Å². The zero-order chi connectivity index (χ0) is 14.4. The summed E-state index contributed by atoms with van der Waals surface area (Å²) in [5.74, 6) is 0.228. The molecule has 0 heterocycles. The fourth-order valence-corrected chi connectivity index (χ4v) is 1.80. The largest absolute Gasteiger partial charge is 0.484 e. The minimum atomic E-state index is -0.694. The predicted molar refractivity (Wildman–Crippen MR) is 72.6 cm³/mol. The van der Waals surface area contributed by atoms with Gasteiger partial charge in [0.25, 0.3) is 0 Å². The van der Waals surface area contributed by atoms with Crippen LogP contribution in [0.3, 0.4) is 0 Å². The lowest BCUT2D eigenvalue weighted by Gasteiger charge is -2.14. The molecular formula is C13H20N2O4. The Morgan fingerprint density at radius 2 is 2.16 bits per heavy atom. The zero-order valence-electron chi connectivity index (χ0n) is 11.5. The third-order valence-electron chi connectivity index (χ3n) is 2.65. The molecule has 2 N–H and O–H groups in total. The van der Waals surface area contributed by atoms with E-state index in [4.69, 9.17) is 4.74 Å². The molecule has 0 bridgehead atoms. The van der Waals surface area contributed by atoms with Gasteiger partial charge in [0, 0.05) is 12.6 Å². The van der Waals surface area contributed by atoms with Crippen LogP contribution in [0, 0.1) is 24.0 Å². The average Bonchev–Trinajstić information content (AvgIpc) is 2.34. The van der Waals surface area contributed by atoms with Crippen molar-refractivity contribution >= 4 is 5.69 Å². The molecule has 1 aromatic carbocycles. The summed E-state index contributed by atoms with van der Waals surface area (Å²) < 4.78 is 5.41. The molecule has 19 heavy (non-hydrogen) atoms. The monoisotopic (exact) mass is 268 g/mol. The van der Waals surface area contributed by atoms with Crippen LogP contribution in [0.25, 0.3) is 0 Å². The van der Waals surface area contributed by atoms with E-state index >= 15 is 0 Å². The number of hydrogen-bond donors (Lipinski definition) is 2. The first-order valence-electron chi connectivity index (χ1n) is 6.23. The Hall–Kier alpha value is -1.66. The summed E-state index contributed by atoms with van der Waals surface area (Å²) in [5, 5.41) is 23.6. The molecule has 1 unspecified atom stereocenters. The van der Waals surface area contributed by atoms with Crippen molar-refractivity contribution in [2.45, 2.75) is 26.9 Å². The number of nitrogens with one attached hydrogen (secondary N) is 1. The number of nitrogens with zero attached hydrogens (tertiary/aromatic N) is 1. The molecule has 1 aromatic rings. The Balaban J connectivity index is 2.80. The van der Waals surface area contributed by atoms with Gasteiger partial charge in [0.05, 0.1) is 4.92 Å². The fourth-order valence-electron chi connectivity index (χ4n) is 1.80. The number of aliphatic hydroxyl groups is 1. The topological polar surface area (TPSA) is 84.6 Å². The first-order valence-corrected chi connectivity index (χ1v) is 6.23. The maximum Gasteiger partial charge on any atom is 0.311 e. The van der Waals surface area contributed by atoms with Crippen LogP contribution >= 0.6 is 0 Å². The summed E-state index contributed by atoms with van der Waals surface area (Å²) in [4.78, 5) is 10.5. The van der Waals surface area contributed by atoms with Crippen molar-refractivity contribution in [3.8, 4) is 5.75 Å². The SMILES string of the molecule is CCNCC(O)COc1c(C)cc(C)cc1[N+](=O)[O-]. The highest BCUT2D eigenvalue weighted by Crippen LogP contribution is 2.32. The molecule has 6 heteroatoms. The first-order chi connectivity index (χ1) is 8.95. The second kappa shape index (κ2) is 7.06. The molecule has 0 aromatic heterocycles. The Labute approximate surface area is 112 Å². The highest BCUT2D eigenvalue weighted by molar-refractivity contribution is 5.53. The lowest BCUT2D eigenvalue weighted by Crippen LogP contribution is -2.31. The van der Waals surface area contributed by atoms with Crippen LogP contribution in [0.2, 0.25) is 0 Å². The lowest BCUT2D eigenvalue weighted by molar-refractivity contribution is -0.386. The van der Waals surface area contributed by atoms with Gasteiger partial charge in [-0.05, 0) is 31.5 Å². The smallest absolute Gasteiger partial charge is 0.311 e. The van der Waals surface area contributed by atoms with Gasteiger partial charge in [-0.2, -0.15) is 0 Å².